The van der Waals surface area contributed by atoms with E-state index >= 15 is 0 Å². The second-order valence-corrected chi connectivity index (χ2v) is 7.11. The quantitative estimate of drug-likeness (QED) is 0.831. The standard InChI is InChI=1S/C16H18FN3O3S/c1-11(2)20-24(22,23)15-9-12(6-7-14(15)17)16(21)19-10-13-5-3-4-8-18-13/h3-9,11,20H,10H2,1-2H3,(H,19,21). The molecule has 0 aliphatic carbocycles. The van der Waals surface area contributed by atoms with Crippen molar-refractivity contribution in [1.82, 2.24) is 15.0 Å². The first-order valence-electron chi connectivity index (χ1n) is 7.29. The van der Waals surface area contributed by atoms with Crippen molar-refractivity contribution in [3.63, 3.8) is 0 Å². The van der Waals surface area contributed by atoms with E-state index in [9.17, 15) is 17.6 Å². The summed E-state index contributed by atoms with van der Waals surface area (Å²) in [5.41, 5.74) is 0.707. The van der Waals surface area contributed by atoms with Gasteiger partial charge in [0.25, 0.3) is 5.91 Å². The number of halogens is 1. The lowest BCUT2D eigenvalue weighted by Gasteiger charge is -2.11. The van der Waals surface area contributed by atoms with E-state index in [-0.39, 0.29) is 12.1 Å². The van der Waals surface area contributed by atoms with Gasteiger partial charge in [-0.1, -0.05) is 6.07 Å². The Morgan fingerprint density at radius 1 is 1.25 bits per heavy atom. The minimum absolute atomic E-state index is 0.0523. The summed E-state index contributed by atoms with van der Waals surface area (Å²) in [4.78, 5) is 15.7. The SMILES string of the molecule is CC(C)NS(=O)(=O)c1cc(C(=O)NCc2ccccn2)ccc1F. The van der Waals surface area contributed by atoms with Gasteiger partial charge in [-0.25, -0.2) is 17.5 Å². The molecule has 0 saturated heterocycles. The number of pyridine rings is 1. The fourth-order valence-electron chi connectivity index (χ4n) is 2.00. The van der Waals surface area contributed by atoms with E-state index in [1.807, 2.05) is 0 Å². The van der Waals surface area contributed by atoms with E-state index in [1.54, 1.807) is 38.2 Å². The maximum absolute atomic E-state index is 13.9. The molecule has 2 N–H and O–H groups in total. The first-order chi connectivity index (χ1) is 11.3. The molecule has 24 heavy (non-hydrogen) atoms. The smallest absolute Gasteiger partial charge is 0.251 e. The predicted molar refractivity (Wildman–Crippen MR) is 87.3 cm³/mol. The third-order valence-corrected chi connectivity index (χ3v) is 4.70. The highest BCUT2D eigenvalue weighted by Gasteiger charge is 2.22. The molecular formula is C16H18FN3O3S. The highest BCUT2D eigenvalue weighted by molar-refractivity contribution is 7.89. The van der Waals surface area contributed by atoms with Crippen LogP contribution in [0.25, 0.3) is 0 Å². The first-order valence-corrected chi connectivity index (χ1v) is 8.78. The number of carbonyl (C=O) groups is 1. The summed E-state index contributed by atoms with van der Waals surface area (Å²) in [5.74, 6) is -1.42. The number of nitrogens with one attached hydrogen (secondary N) is 2. The number of carbonyl (C=O) groups excluding carboxylic acids is 1. The van der Waals surface area contributed by atoms with Crippen LogP contribution in [0.5, 0.6) is 0 Å². The molecule has 0 unspecified atom stereocenters. The van der Waals surface area contributed by atoms with Crippen molar-refractivity contribution in [2.45, 2.75) is 31.3 Å². The van der Waals surface area contributed by atoms with Crippen molar-refractivity contribution < 1.29 is 17.6 Å². The van der Waals surface area contributed by atoms with E-state index in [0.29, 0.717) is 5.69 Å². The van der Waals surface area contributed by atoms with Gasteiger partial charge in [0.1, 0.15) is 10.7 Å². The second kappa shape index (κ2) is 7.50. The fraction of sp³-hybridized carbons (Fsp3) is 0.250. The highest BCUT2D eigenvalue weighted by atomic mass is 32.2. The van der Waals surface area contributed by atoms with Gasteiger partial charge in [-0.15, -0.1) is 0 Å². The summed E-state index contributed by atoms with van der Waals surface area (Å²) in [6, 6.07) is 8.11. The Morgan fingerprint density at radius 2 is 2.00 bits per heavy atom. The van der Waals surface area contributed by atoms with Gasteiger partial charge in [0.15, 0.2) is 0 Å². The zero-order valence-corrected chi connectivity index (χ0v) is 14.1. The van der Waals surface area contributed by atoms with Crippen LogP contribution in [-0.2, 0) is 16.6 Å². The molecule has 0 atom stereocenters. The van der Waals surface area contributed by atoms with Gasteiger partial charge in [-0.05, 0) is 44.2 Å². The van der Waals surface area contributed by atoms with Crippen molar-refractivity contribution in [2.75, 3.05) is 0 Å². The summed E-state index contributed by atoms with van der Waals surface area (Å²) in [6.45, 7) is 3.43. The zero-order valence-electron chi connectivity index (χ0n) is 13.3. The van der Waals surface area contributed by atoms with Crippen LogP contribution in [0.15, 0.2) is 47.5 Å². The van der Waals surface area contributed by atoms with Crippen LogP contribution in [0.3, 0.4) is 0 Å². The van der Waals surface area contributed by atoms with Crippen LogP contribution in [-0.4, -0.2) is 25.4 Å². The average Bonchev–Trinajstić information content (AvgIpc) is 2.52. The van der Waals surface area contributed by atoms with E-state index in [1.165, 1.54) is 6.07 Å². The van der Waals surface area contributed by atoms with Crippen LogP contribution < -0.4 is 10.0 Å². The second-order valence-electron chi connectivity index (χ2n) is 5.42. The Bertz CT molecular complexity index is 824. The number of hydrogen-bond acceptors (Lipinski definition) is 4. The Kier molecular flexibility index (Phi) is 5.63. The molecule has 2 aromatic rings. The Labute approximate surface area is 140 Å². The minimum Gasteiger partial charge on any atom is -0.346 e. The third kappa shape index (κ3) is 4.59. The molecule has 0 spiro atoms. The largest absolute Gasteiger partial charge is 0.346 e. The summed E-state index contributed by atoms with van der Waals surface area (Å²) in [6.07, 6.45) is 1.60. The van der Waals surface area contributed by atoms with Gasteiger partial charge in [0, 0.05) is 17.8 Å². The fourth-order valence-corrected chi connectivity index (χ4v) is 3.35. The molecule has 0 saturated carbocycles. The molecule has 1 aromatic carbocycles. The number of rotatable bonds is 6. The number of nitrogens with zero attached hydrogens (tertiary/aromatic N) is 1. The summed E-state index contributed by atoms with van der Waals surface area (Å²) in [5, 5.41) is 2.62. The third-order valence-electron chi connectivity index (χ3n) is 3.03. The number of sulfonamides is 1. The lowest BCUT2D eigenvalue weighted by atomic mass is 10.2. The van der Waals surface area contributed by atoms with Gasteiger partial charge >= 0.3 is 0 Å². The molecule has 1 amide bonds. The molecule has 1 aromatic heterocycles. The van der Waals surface area contributed by atoms with Gasteiger partial charge in [-0.3, -0.25) is 9.78 Å². The van der Waals surface area contributed by atoms with Gasteiger partial charge in [0.2, 0.25) is 10.0 Å². The lowest BCUT2D eigenvalue weighted by molar-refractivity contribution is 0.0950. The maximum atomic E-state index is 13.9. The van der Waals surface area contributed by atoms with E-state index in [4.69, 9.17) is 0 Å². The molecule has 6 nitrogen and oxygen atoms in total. The van der Waals surface area contributed by atoms with Gasteiger partial charge < -0.3 is 5.32 Å². The van der Waals surface area contributed by atoms with Crippen molar-refractivity contribution in [3.05, 3.63) is 59.7 Å². The molecule has 0 radical (unpaired) electrons. The van der Waals surface area contributed by atoms with Crippen LogP contribution >= 0.6 is 0 Å². The molecular weight excluding hydrogens is 333 g/mol. The summed E-state index contributed by atoms with van der Waals surface area (Å²) >= 11 is 0. The van der Waals surface area contributed by atoms with Crippen LogP contribution in [0.1, 0.15) is 29.9 Å². The van der Waals surface area contributed by atoms with E-state index < -0.39 is 32.7 Å². The Morgan fingerprint density at radius 3 is 2.62 bits per heavy atom. The predicted octanol–water partition coefficient (Wildman–Crippen LogP) is 1.84. The molecule has 128 valence electrons. The summed E-state index contributed by atoms with van der Waals surface area (Å²) in [7, 11) is -4.03. The molecule has 0 bridgehead atoms. The first kappa shape index (κ1) is 18.0. The topological polar surface area (TPSA) is 88.2 Å². The number of aromatic nitrogens is 1. The van der Waals surface area contributed by atoms with Gasteiger partial charge in [-0.2, -0.15) is 0 Å². The Hall–Kier alpha value is -2.32. The Balaban J connectivity index is 2.19. The monoisotopic (exact) mass is 351 g/mol. The number of hydrogen-bond donors (Lipinski definition) is 2. The molecule has 2 rings (SSSR count). The maximum Gasteiger partial charge on any atom is 0.251 e. The van der Waals surface area contributed by atoms with Crippen molar-refractivity contribution in [2.24, 2.45) is 0 Å². The lowest BCUT2D eigenvalue weighted by Crippen LogP contribution is -2.31. The van der Waals surface area contributed by atoms with E-state index in [0.717, 1.165) is 12.1 Å². The van der Waals surface area contributed by atoms with Gasteiger partial charge in [0.05, 0.1) is 12.2 Å². The van der Waals surface area contributed by atoms with Crippen LogP contribution in [0, 0.1) is 5.82 Å². The average molecular weight is 351 g/mol. The molecule has 0 fully saturated rings. The minimum atomic E-state index is -4.03. The molecule has 0 aliphatic heterocycles. The normalized spacial score (nSPS) is 11.5. The van der Waals surface area contributed by atoms with Crippen LogP contribution in [0.2, 0.25) is 0 Å². The van der Waals surface area contributed by atoms with E-state index in [2.05, 4.69) is 15.0 Å². The number of amides is 1. The van der Waals surface area contributed by atoms with Crippen molar-refractivity contribution in [3.8, 4) is 0 Å². The summed E-state index contributed by atoms with van der Waals surface area (Å²) < 4.78 is 40.4. The van der Waals surface area contributed by atoms with Crippen molar-refractivity contribution in [1.29, 1.82) is 0 Å². The van der Waals surface area contributed by atoms with Crippen molar-refractivity contribution >= 4 is 15.9 Å². The molecule has 8 heteroatoms. The molecule has 0 aliphatic rings. The zero-order chi connectivity index (χ0) is 17.7. The number of benzene rings is 1. The highest BCUT2D eigenvalue weighted by Crippen LogP contribution is 2.17. The molecule has 1 heterocycles. The van der Waals surface area contributed by atoms with Crippen LogP contribution in [0.4, 0.5) is 4.39 Å².